The van der Waals surface area contributed by atoms with Crippen molar-refractivity contribution in [3.63, 3.8) is 0 Å². The van der Waals surface area contributed by atoms with E-state index in [1.807, 2.05) is 0 Å². The average Bonchev–Trinajstić information content (AvgIpc) is 2.34. The summed E-state index contributed by atoms with van der Waals surface area (Å²) >= 11 is 5.69. The van der Waals surface area contributed by atoms with Crippen molar-refractivity contribution in [1.29, 1.82) is 0 Å². The molecule has 0 saturated heterocycles. The Morgan fingerprint density at radius 2 is 2.21 bits per heavy atom. The molecule has 19 heavy (non-hydrogen) atoms. The summed E-state index contributed by atoms with van der Waals surface area (Å²) in [6.07, 6.45) is -3.10. The van der Waals surface area contributed by atoms with Crippen LogP contribution >= 0.6 is 11.6 Å². The van der Waals surface area contributed by atoms with Gasteiger partial charge in [0, 0.05) is 19.2 Å². The van der Waals surface area contributed by atoms with Crippen LogP contribution in [0.2, 0.25) is 5.02 Å². The minimum Gasteiger partial charge on any atom is -0.469 e. The number of carbonyl (C=O) groups is 1. The second-order valence-electron chi connectivity index (χ2n) is 3.66. The molecule has 0 aliphatic heterocycles. The molecule has 4 nitrogen and oxygen atoms in total. The van der Waals surface area contributed by atoms with Crippen LogP contribution in [0.25, 0.3) is 0 Å². The number of anilines is 1. The van der Waals surface area contributed by atoms with E-state index in [0.717, 1.165) is 6.07 Å². The smallest absolute Gasteiger partial charge is 0.417 e. The van der Waals surface area contributed by atoms with Gasteiger partial charge in [0.05, 0.1) is 17.7 Å². The fourth-order valence-electron chi connectivity index (χ4n) is 1.26. The summed E-state index contributed by atoms with van der Waals surface area (Å²) in [5, 5.41) is 2.64. The van der Waals surface area contributed by atoms with Gasteiger partial charge in [0.25, 0.3) is 0 Å². The molecule has 1 rings (SSSR count). The molecule has 0 aromatic carbocycles. The number of alkyl halides is 3. The van der Waals surface area contributed by atoms with E-state index in [-0.39, 0.29) is 23.2 Å². The predicted molar refractivity (Wildman–Crippen MR) is 64.0 cm³/mol. The molecule has 1 aromatic rings. The molecule has 0 saturated carbocycles. The van der Waals surface area contributed by atoms with Crippen LogP contribution in [0, 0.1) is 0 Å². The molecule has 0 radical (unpaired) electrons. The van der Waals surface area contributed by atoms with Crippen molar-refractivity contribution in [3.05, 3.63) is 22.8 Å². The first kappa shape index (κ1) is 15.6. The van der Waals surface area contributed by atoms with Crippen LogP contribution in [0.3, 0.4) is 0 Å². The number of hydrogen-bond acceptors (Lipinski definition) is 4. The number of nitrogens with zero attached hydrogens (tertiary/aromatic N) is 1. The van der Waals surface area contributed by atoms with Crippen molar-refractivity contribution >= 4 is 23.4 Å². The van der Waals surface area contributed by atoms with E-state index < -0.39 is 11.7 Å². The highest BCUT2D eigenvalue weighted by atomic mass is 35.5. The van der Waals surface area contributed by atoms with Gasteiger partial charge in [0.15, 0.2) is 0 Å². The van der Waals surface area contributed by atoms with Crippen molar-refractivity contribution in [2.24, 2.45) is 0 Å². The Morgan fingerprint density at radius 1 is 1.53 bits per heavy atom. The molecule has 8 heteroatoms. The van der Waals surface area contributed by atoms with E-state index in [4.69, 9.17) is 11.6 Å². The third kappa shape index (κ3) is 4.94. The molecule has 0 aliphatic carbocycles. The fourth-order valence-corrected chi connectivity index (χ4v) is 1.50. The van der Waals surface area contributed by atoms with Crippen molar-refractivity contribution in [2.45, 2.75) is 19.0 Å². The van der Waals surface area contributed by atoms with Gasteiger partial charge in [-0.3, -0.25) is 4.79 Å². The first-order valence-electron chi connectivity index (χ1n) is 5.38. The standard InChI is InChI=1S/C11H12ClF3N2O2/c1-19-9(18)3-2-4-16-10-8(12)5-7(6-17-10)11(13,14)15/h5-6H,2-4H2,1H3,(H,16,17). The number of esters is 1. The van der Waals surface area contributed by atoms with E-state index in [1.54, 1.807) is 0 Å². The third-order valence-corrected chi connectivity index (χ3v) is 2.53. The molecule has 1 heterocycles. The minimum absolute atomic E-state index is 0.118. The topological polar surface area (TPSA) is 51.2 Å². The zero-order valence-corrected chi connectivity index (χ0v) is 10.8. The van der Waals surface area contributed by atoms with Crippen LogP contribution in [0.4, 0.5) is 19.0 Å². The Balaban J connectivity index is 2.54. The Morgan fingerprint density at radius 3 is 2.74 bits per heavy atom. The number of carbonyl (C=O) groups excluding carboxylic acids is 1. The molecular formula is C11H12ClF3N2O2. The molecule has 0 amide bonds. The van der Waals surface area contributed by atoms with Crippen LogP contribution in [-0.2, 0) is 15.7 Å². The molecule has 0 aliphatic rings. The van der Waals surface area contributed by atoms with Crippen molar-refractivity contribution < 1.29 is 22.7 Å². The van der Waals surface area contributed by atoms with E-state index in [9.17, 15) is 18.0 Å². The van der Waals surface area contributed by atoms with Gasteiger partial charge in [-0.2, -0.15) is 13.2 Å². The molecule has 1 aromatic heterocycles. The zero-order chi connectivity index (χ0) is 14.5. The first-order chi connectivity index (χ1) is 8.84. The molecule has 106 valence electrons. The Hall–Kier alpha value is -1.50. The largest absolute Gasteiger partial charge is 0.469 e. The monoisotopic (exact) mass is 296 g/mol. The zero-order valence-electron chi connectivity index (χ0n) is 10.1. The highest BCUT2D eigenvalue weighted by molar-refractivity contribution is 6.32. The van der Waals surface area contributed by atoms with Crippen LogP contribution in [0.5, 0.6) is 0 Å². The number of hydrogen-bond donors (Lipinski definition) is 1. The van der Waals surface area contributed by atoms with Gasteiger partial charge < -0.3 is 10.1 Å². The number of halogens is 4. The number of aromatic nitrogens is 1. The SMILES string of the molecule is COC(=O)CCCNc1ncc(C(F)(F)F)cc1Cl. The summed E-state index contributed by atoms with van der Waals surface area (Å²) in [5.74, 6) is -0.201. The van der Waals surface area contributed by atoms with Crippen LogP contribution < -0.4 is 5.32 Å². The van der Waals surface area contributed by atoms with Crippen molar-refractivity contribution in [1.82, 2.24) is 4.98 Å². The molecule has 0 spiro atoms. The maximum atomic E-state index is 12.4. The summed E-state index contributed by atoms with van der Waals surface area (Å²) in [7, 11) is 1.28. The van der Waals surface area contributed by atoms with Crippen LogP contribution in [0.1, 0.15) is 18.4 Å². The number of methoxy groups -OCH3 is 1. The average molecular weight is 297 g/mol. The van der Waals surface area contributed by atoms with Gasteiger partial charge in [-0.1, -0.05) is 11.6 Å². The maximum absolute atomic E-state index is 12.4. The second-order valence-corrected chi connectivity index (χ2v) is 4.07. The molecule has 1 N–H and O–H groups in total. The van der Waals surface area contributed by atoms with Gasteiger partial charge in [0.2, 0.25) is 0 Å². The number of ether oxygens (including phenoxy) is 1. The normalized spacial score (nSPS) is 11.2. The van der Waals surface area contributed by atoms with Crippen molar-refractivity contribution in [3.8, 4) is 0 Å². The molecule has 0 atom stereocenters. The van der Waals surface area contributed by atoms with Gasteiger partial charge in [-0.05, 0) is 12.5 Å². The lowest BCUT2D eigenvalue weighted by Gasteiger charge is -2.10. The van der Waals surface area contributed by atoms with Crippen molar-refractivity contribution in [2.75, 3.05) is 19.0 Å². The van der Waals surface area contributed by atoms with Gasteiger partial charge in [-0.15, -0.1) is 0 Å². The van der Waals surface area contributed by atoms with Gasteiger partial charge >= 0.3 is 12.1 Å². The van der Waals surface area contributed by atoms with Gasteiger partial charge in [-0.25, -0.2) is 4.98 Å². The third-order valence-electron chi connectivity index (χ3n) is 2.25. The predicted octanol–water partition coefficient (Wildman–Crippen LogP) is 3.12. The lowest BCUT2D eigenvalue weighted by molar-refractivity contribution is -0.140. The second kappa shape index (κ2) is 6.60. The van der Waals surface area contributed by atoms with Gasteiger partial charge in [0.1, 0.15) is 5.82 Å². The summed E-state index contributed by atoms with van der Waals surface area (Å²) in [4.78, 5) is 14.4. The quantitative estimate of drug-likeness (QED) is 0.670. The van der Waals surface area contributed by atoms with E-state index in [1.165, 1.54) is 7.11 Å². The van der Waals surface area contributed by atoms with Crippen LogP contribution in [-0.4, -0.2) is 24.6 Å². The fraction of sp³-hybridized carbons (Fsp3) is 0.455. The molecular weight excluding hydrogens is 285 g/mol. The summed E-state index contributed by atoms with van der Waals surface area (Å²) < 4.78 is 41.5. The summed E-state index contributed by atoms with van der Waals surface area (Å²) in [6, 6.07) is 0.803. The minimum atomic E-state index is -4.47. The van der Waals surface area contributed by atoms with E-state index in [2.05, 4.69) is 15.0 Å². The summed E-state index contributed by atoms with van der Waals surface area (Å²) in [5.41, 5.74) is -0.905. The summed E-state index contributed by atoms with van der Waals surface area (Å²) in [6.45, 7) is 0.354. The molecule has 0 bridgehead atoms. The maximum Gasteiger partial charge on any atom is 0.417 e. The van der Waals surface area contributed by atoms with E-state index >= 15 is 0 Å². The van der Waals surface area contributed by atoms with E-state index in [0.29, 0.717) is 19.2 Å². The highest BCUT2D eigenvalue weighted by Crippen LogP contribution is 2.32. The first-order valence-corrected chi connectivity index (χ1v) is 5.76. The molecule has 0 fully saturated rings. The van der Waals surface area contributed by atoms with Crippen LogP contribution in [0.15, 0.2) is 12.3 Å². The Labute approximate surface area is 112 Å². The lowest BCUT2D eigenvalue weighted by Crippen LogP contribution is -2.10. The Kier molecular flexibility index (Phi) is 5.41. The number of pyridine rings is 1. The highest BCUT2D eigenvalue weighted by Gasteiger charge is 2.31. The Bertz CT molecular complexity index is 452. The number of nitrogens with one attached hydrogen (secondary N) is 1. The molecule has 0 unspecified atom stereocenters. The number of rotatable bonds is 5. The lowest BCUT2D eigenvalue weighted by atomic mass is 10.2.